The lowest BCUT2D eigenvalue weighted by molar-refractivity contribution is 0.243. The second-order valence-electron chi connectivity index (χ2n) is 6.97. The van der Waals surface area contributed by atoms with Crippen molar-refractivity contribution in [2.45, 2.75) is 26.3 Å². The molecule has 1 fully saturated rings. The Morgan fingerprint density at radius 2 is 1.59 bits per heavy atom. The average Bonchev–Trinajstić information content (AvgIpc) is 2.72. The van der Waals surface area contributed by atoms with Crippen molar-refractivity contribution < 1.29 is 0 Å². The molecular weight excluding hydrogens is 334 g/mol. The maximum atomic E-state index is 4.57. The van der Waals surface area contributed by atoms with E-state index in [0.29, 0.717) is 5.95 Å². The van der Waals surface area contributed by atoms with Crippen LogP contribution in [-0.4, -0.2) is 32.9 Å². The normalized spacial score (nSPS) is 14.9. The standard InChI is InChI=1S/C22H24N5/c1-17-5-7-18(8-6-17)19-13-24-22(25-14-19)26-20-9-10-21(23-15-20)16-27-11-3-2-4-12-27/h2,5-10,13-15H,3-4,11-12,16H2,1H3,(H,24,25,26). The Morgan fingerprint density at radius 3 is 2.26 bits per heavy atom. The molecule has 0 saturated carbocycles. The van der Waals surface area contributed by atoms with Gasteiger partial charge in [0.1, 0.15) is 0 Å². The largest absolute Gasteiger partial charge is 0.323 e. The molecule has 1 saturated heterocycles. The molecule has 3 aromatic rings. The summed E-state index contributed by atoms with van der Waals surface area (Å²) in [4.78, 5) is 15.9. The van der Waals surface area contributed by atoms with Crippen molar-refractivity contribution in [1.29, 1.82) is 0 Å². The minimum atomic E-state index is 0.576. The van der Waals surface area contributed by atoms with Crippen molar-refractivity contribution >= 4 is 11.6 Å². The van der Waals surface area contributed by atoms with Crippen LogP contribution in [0.2, 0.25) is 0 Å². The lowest BCUT2D eigenvalue weighted by atomic mass is 10.1. The van der Waals surface area contributed by atoms with Crippen LogP contribution in [0.25, 0.3) is 11.1 Å². The second-order valence-corrected chi connectivity index (χ2v) is 6.97. The second kappa shape index (κ2) is 8.27. The fraction of sp³-hybridized carbons (Fsp3) is 0.273. The molecule has 1 aliphatic rings. The van der Waals surface area contributed by atoms with Gasteiger partial charge in [-0.3, -0.25) is 9.88 Å². The third-order valence-electron chi connectivity index (χ3n) is 4.80. The van der Waals surface area contributed by atoms with Gasteiger partial charge in [-0.2, -0.15) is 0 Å². The number of nitrogens with one attached hydrogen (secondary N) is 1. The molecule has 5 nitrogen and oxygen atoms in total. The third-order valence-corrected chi connectivity index (χ3v) is 4.80. The number of pyridine rings is 1. The molecule has 0 aliphatic carbocycles. The highest BCUT2D eigenvalue weighted by molar-refractivity contribution is 5.63. The molecule has 3 heterocycles. The number of aryl methyl sites for hydroxylation is 1. The first-order valence-corrected chi connectivity index (χ1v) is 9.41. The minimum absolute atomic E-state index is 0.576. The molecule has 137 valence electrons. The van der Waals surface area contributed by atoms with Gasteiger partial charge in [-0.05, 0) is 57.0 Å². The Labute approximate surface area is 160 Å². The molecule has 0 atom stereocenters. The van der Waals surface area contributed by atoms with Crippen LogP contribution in [0.1, 0.15) is 24.1 Å². The number of hydrogen-bond acceptors (Lipinski definition) is 5. The highest BCUT2D eigenvalue weighted by Crippen LogP contribution is 2.20. The average molecular weight is 358 g/mol. The van der Waals surface area contributed by atoms with Crippen LogP contribution in [0, 0.1) is 13.3 Å². The third kappa shape index (κ3) is 4.68. The summed E-state index contributed by atoms with van der Waals surface area (Å²) >= 11 is 0. The monoisotopic (exact) mass is 358 g/mol. The Balaban J connectivity index is 1.37. The van der Waals surface area contributed by atoms with Crippen LogP contribution in [0.15, 0.2) is 55.0 Å². The molecule has 0 unspecified atom stereocenters. The lowest BCUT2D eigenvalue weighted by Crippen LogP contribution is -2.29. The van der Waals surface area contributed by atoms with E-state index in [1.807, 2.05) is 24.7 Å². The van der Waals surface area contributed by atoms with Gasteiger partial charge in [0.25, 0.3) is 0 Å². The van der Waals surface area contributed by atoms with Crippen molar-refractivity contribution in [2.24, 2.45) is 0 Å². The topological polar surface area (TPSA) is 53.9 Å². The Bertz CT molecular complexity index is 851. The van der Waals surface area contributed by atoms with Crippen LogP contribution in [0.3, 0.4) is 0 Å². The van der Waals surface area contributed by atoms with Gasteiger partial charge in [-0.25, -0.2) is 9.97 Å². The van der Waals surface area contributed by atoms with Crippen molar-refractivity contribution in [3.8, 4) is 11.1 Å². The number of likely N-dealkylation sites (tertiary alicyclic amines) is 1. The lowest BCUT2D eigenvalue weighted by Gasteiger charge is -2.25. The predicted molar refractivity (Wildman–Crippen MR) is 109 cm³/mol. The molecule has 1 aromatic carbocycles. The zero-order chi connectivity index (χ0) is 18.5. The summed E-state index contributed by atoms with van der Waals surface area (Å²) in [5.74, 6) is 0.576. The maximum Gasteiger partial charge on any atom is 0.227 e. The van der Waals surface area contributed by atoms with Crippen LogP contribution < -0.4 is 5.32 Å². The van der Waals surface area contributed by atoms with Gasteiger partial charge in [-0.15, -0.1) is 0 Å². The zero-order valence-corrected chi connectivity index (χ0v) is 15.6. The fourth-order valence-corrected chi connectivity index (χ4v) is 3.20. The highest BCUT2D eigenvalue weighted by Gasteiger charge is 2.11. The fourth-order valence-electron chi connectivity index (χ4n) is 3.20. The molecule has 1 radical (unpaired) electrons. The summed E-state index contributed by atoms with van der Waals surface area (Å²) < 4.78 is 0. The Hall–Kier alpha value is -2.79. The van der Waals surface area contributed by atoms with Gasteiger partial charge in [0, 0.05) is 24.5 Å². The van der Waals surface area contributed by atoms with Crippen LogP contribution in [0.5, 0.6) is 0 Å². The van der Waals surface area contributed by atoms with Crippen molar-refractivity contribution in [3.05, 3.63) is 72.7 Å². The minimum Gasteiger partial charge on any atom is -0.323 e. The number of benzene rings is 1. The van der Waals surface area contributed by atoms with Gasteiger partial charge in [0.05, 0.1) is 17.6 Å². The highest BCUT2D eigenvalue weighted by atomic mass is 15.1. The molecular formula is C22H24N5. The van der Waals surface area contributed by atoms with E-state index in [2.05, 4.69) is 68.8 Å². The molecule has 27 heavy (non-hydrogen) atoms. The summed E-state index contributed by atoms with van der Waals surface area (Å²) in [7, 11) is 0. The summed E-state index contributed by atoms with van der Waals surface area (Å²) in [6, 6.07) is 12.5. The Morgan fingerprint density at radius 1 is 0.852 bits per heavy atom. The number of aromatic nitrogens is 3. The van der Waals surface area contributed by atoms with Gasteiger partial charge in [0.2, 0.25) is 5.95 Å². The Kier molecular flexibility index (Phi) is 5.39. The van der Waals surface area contributed by atoms with Gasteiger partial charge in [-0.1, -0.05) is 29.8 Å². The van der Waals surface area contributed by atoms with E-state index < -0.39 is 0 Å². The molecule has 2 aromatic heterocycles. The van der Waals surface area contributed by atoms with Crippen molar-refractivity contribution in [3.63, 3.8) is 0 Å². The van der Waals surface area contributed by atoms with Crippen molar-refractivity contribution in [2.75, 3.05) is 18.4 Å². The van der Waals surface area contributed by atoms with E-state index in [0.717, 1.165) is 42.1 Å². The SMILES string of the molecule is Cc1ccc(-c2cnc(Nc3ccc(CN4CC[CH]CC4)nc3)nc2)cc1. The zero-order valence-electron chi connectivity index (χ0n) is 15.6. The molecule has 1 aliphatic heterocycles. The summed E-state index contributed by atoms with van der Waals surface area (Å²) in [6.07, 6.45) is 10.2. The van der Waals surface area contributed by atoms with Gasteiger partial charge >= 0.3 is 0 Å². The molecule has 4 rings (SSSR count). The quantitative estimate of drug-likeness (QED) is 0.733. The van der Waals surface area contributed by atoms with E-state index in [1.54, 1.807) is 0 Å². The van der Waals surface area contributed by atoms with E-state index in [1.165, 1.54) is 18.4 Å². The smallest absolute Gasteiger partial charge is 0.227 e. The van der Waals surface area contributed by atoms with E-state index >= 15 is 0 Å². The maximum absolute atomic E-state index is 4.57. The van der Waals surface area contributed by atoms with Gasteiger partial charge < -0.3 is 5.32 Å². The molecule has 0 amide bonds. The van der Waals surface area contributed by atoms with E-state index in [-0.39, 0.29) is 0 Å². The predicted octanol–water partition coefficient (Wildman–Crippen LogP) is 4.39. The number of piperidine rings is 1. The molecule has 5 heteroatoms. The summed E-state index contributed by atoms with van der Waals surface area (Å²) in [5.41, 5.74) is 5.36. The number of rotatable bonds is 5. The van der Waals surface area contributed by atoms with Gasteiger partial charge in [0.15, 0.2) is 0 Å². The number of anilines is 2. The molecule has 0 spiro atoms. The molecule has 0 bridgehead atoms. The summed E-state index contributed by atoms with van der Waals surface area (Å²) in [6.45, 7) is 5.25. The first kappa shape index (κ1) is 17.6. The van der Waals surface area contributed by atoms with Crippen LogP contribution in [-0.2, 0) is 6.54 Å². The first-order chi connectivity index (χ1) is 13.3. The van der Waals surface area contributed by atoms with E-state index in [9.17, 15) is 0 Å². The van der Waals surface area contributed by atoms with Crippen LogP contribution in [0.4, 0.5) is 11.6 Å². The number of hydrogen-bond donors (Lipinski definition) is 1. The first-order valence-electron chi connectivity index (χ1n) is 9.41. The van der Waals surface area contributed by atoms with Crippen LogP contribution >= 0.6 is 0 Å². The van der Waals surface area contributed by atoms with E-state index in [4.69, 9.17) is 0 Å². The molecule has 1 N–H and O–H groups in total. The summed E-state index contributed by atoms with van der Waals surface area (Å²) in [5, 5.41) is 3.22. The number of nitrogens with zero attached hydrogens (tertiary/aromatic N) is 4. The van der Waals surface area contributed by atoms with Crippen molar-refractivity contribution in [1.82, 2.24) is 19.9 Å².